The van der Waals surface area contributed by atoms with Crippen LogP contribution in [-0.2, 0) is 0 Å². The summed E-state index contributed by atoms with van der Waals surface area (Å²) in [6, 6.07) is 4.65. The number of aromatic nitrogens is 2. The Labute approximate surface area is 139 Å². The molecule has 0 bridgehead atoms. The second kappa shape index (κ2) is 5.31. The quantitative estimate of drug-likeness (QED) is 0.592. The summed E-state index contributed by atoms with van der Waals surface area (Å²) in [6.07, 6.45) is 4.49. The fourth-order valence-electron chi connectivity index (χ4n) is 2.37. The molecule has 0 spiro atoms. The minimum absolute atomic E-state index is 0.106. The first-order valence-corrected chi connectivity index (χ1v) is 7.52. The standard InChI is InChI=1S/C15H12BrN3O4/c1-15(2)7-11(13-12(23-15)4-3-5-17-13)18-8-9(19(21)22)6-10(16)14(18)20/h3-8H,1-2H3. The van der Waals surface area contributed by atoms with Crippen molar-refractivity contribution >= 4 is 27.3 Å². The second-order valence-corrected chi connectivity index (χ2v) is 6.42. The summed E-state index contributed by atoms with van der Waals surface area (Å²) in [7, 11) is 0. The first-order valence-electron chi connectivity index (χ1n) is 6.73. The van der Waals surface area contributed by atoms with Crippen LogP contribution in [0.1, 0.15) is 19.5 Å². The van der Waals surface area contributed by atoms with Crippen LogP contribution in [-0.4, -0.2) is 20.1 Å². The van der Waals surface area contributed by atoms with E-state index >= 15 is 0 Å². The van der Waals surface area contributed by atoms with Crippen LogP contribution in [0.25, 0.3) is 5.70 Å². The molecule has 0 N–H and O–H groups in total. The molecular formula is C15H12BrN3O4. The second-order valence-electron chi connectivity index (χ2n) is 5.56. The first-order chi connectivity index (χ1) is 10.8. The molecule has 0 fully saturated rings. The van der Waals surface area contributed by atoms with Crippen LogP contribution in [0.15, 0.2) is 45.9 Å². The van der Waals surface area contributed by atoms with Crippen LogP contribution < -0.4 is 10.3 Å². The molecule has 118 valence electrons. The van der Waals surface area contributed by atoms with E-state index < -0.39 is 16.1 Å². The first kappa shape index (κ1) is 15.4. The van der Waals surface area contributed by atoms with E-state index in [0.29, 0.717) is 17.1 Å². The maximum absolute atomic E-state index is 12.4. The molecule has 7 nitrogen and oxygen atoms in total. The van der Waals surface area contributed by atoms with Gasteiger partial charge in [-0.2, -0.15) is 0 Å². The highest BCUT2D eigenvalue weighted by Crippen LogP contribution is 2.35. The third kappa shape index (κ3) is 2.77. The third-order valence-corrected chi connectivity index (χ3v) is 3.87. The Bertz CT molecular complexity index is 902. The highest BCUT2D eigenvalue weighted by Gasteiger charge is 2.29. The Hall–Kier alpha value is -2.48. The lowest BCUT2D eigenvalue weighted by atomic mass is 10.0. The van der Waals surface area contributed by atoms with E-state index in [-0.39, 0.29) is 10.2 Å². The van der Waals surface area contributed by atoms with Crippen molar-refractivity contribution in [3.05, 3.63) is 67.3 Å². The highest BCUT2D eigenvalue weighted by molar-refractivity contribution is 9.10. The summed E-state index contributed by atoms with van der Waals surface area (Å²) in [5.74, 6) is 0.518. The van der Waals surface area contributed by atoms with Gasteiger partial charge in [0.2, 0.25) is 0 Å². The van der Waals surface area contributed by atoms with Gasteiger partial charge in [0.15, 0.2) is 0 Å². The minimum Gasteiger partial charge on any atom is -0.481 e. The van der Waals surface area contributed by atoms with Crippen molar-refractivity contribution in [1.82, 2.24) is 9.55 Å². The van der Waals surface area contributed by atoms with Crippen molar-refractivity contribution in [3.8, 4) is 5.75 Å². The molecule has 0 saturated heterocycles. The summed E-state index contributed by atoms with van der Waals surface area (Å²) < 4.78 is 7.15. The monoisotopic (exact) mass is 377 g/mol. The molecule has 3 heterocycles. The summed E-state index contributed by atoms with van der Waals surface area (Å²) in [6.45, 7) is 3.67. The number of hydrogen-bond acceptors (Lipinski definition) is 5. The molecule has 8 heteroatoms. The van der Waals surface area contributed by atoms with Gasteiger partial charge >= 0.3 is 0 Å². The fraction of sp³-hybridized carbons (Fsp3) is 0.200. The summed E-state index contributed by atoms with van der Waals surface area (Å²) in [4.78, 5) is 27.2. The van der Waals surface area contributed by atoms with Gasteiger partial charge < -0.3 is 4.74 Å². The topological polar surface area (TPSA) is 87.3 Å². The lowest BCUT2D eigenvalue weighted by Gasteiger charge is -2.30. The van der Waals surface area contributed by atoms with Crippen LogP contribution in [0.3, 0.4) is 0 Å². The number of ether oxygens (including phenoxy) is 1. The van der Waals surface area contributed by atoms with Crippen molar-refractivity contribution in [2.24, 2.45) is 0 Å². The Balaban J connectivity index is 2.31. The molecule has 0 aromatic carbocycles. The normalized spacial score (nSPS) is 15.3. The van der Waals surface area contributed by atoms with Crippen molar-refractivity contribution < 1.29 is 9.66 Å². The Kier molecular flexibility index (Phi) is 3.56. The molecule has 0 radical (unpaired) electrons. The van der Waals surface area contributed by atoms with E-state index in [4.69, 9.17) is 4.74 Å². The predicted molar refractivity (Wildman–Crippen MR) is 87.4 cm³/mol. The van der Waals surface area contributed by atoms with Crippen LogP contribution in [0.5, 0.6) is 5.75 Å². The smallest absolute Gasteiger partial charge is 0.287 e. The molecule has 2 aromatic rings. The van der Waals surface area contributed by atoms with Gasteiger partial charge in [0, 0.05) is 12.3 Å². The van der Waals surface area contributed by atoms with Crippen molar-refractivity contribution in [2.45, 2.75) is 19.4 Å². The van der Waals surface area contributed by atoms with Gasteiger partial charge in [-0.15, -0.1) is 0 Å². The molecule has 1 aliphatic heterocycles. The number of rotatable bonds is 2. The largest absolute Gasteiger partial charge is 0.481 e. The predicted octanol–water partition coefficient (Wildman–Crippen LogP) is 2.97. The highest BCUT2D eigenvalue weighted by atomic mass is 79.9. The molecule has 0 unspecified atom stereocenters. The molecule has 1 aliphatic rings. The number of halogens is 1. The van der Waals surface area contributed by atoms with Gasteiger partial charge in [-0.1, -0.05) is 0 Å². The van der Waals surface area contributed by atoms with Gasteiger partial charge in [-0.25, -0.2) is 0 Å². The number of hydrogen-bond donors (Lipinski definition) is 0. The molecule has 3 rings (SSSR count). The van der Waals surface area contributed by atoms with Gasteiger partial charge in [0.1, 0.15) is 17.0 Å². The number of nitro groups is 1. The lowest BCUT2D eigenvalue weighted by Crippen LogP contribution is -2.32. The maximum atomic E-state index is 12.4. The van der Waals surface area contributed by atoms with Crippen LogP contribution in [0, 0.1) is 10.1 Å². The third-order valence-electron chi connectivity index (χ3n) is 3.30. The Morgan fingerprint density at radius 1 is 1.43 bits per heavy atom. The number of pyridine rings is 2. The zero-order valence-electron chi connectivity index (χ0n) is 12.3. The van der Waals surface area contributed by atoms with Crippen LogP contribution >= 0.6 is 15.9 Å². The Morgan fingerprint density at radius 2 is 2.17 bits per heavy atom. The summed E-state index contributed by atoms with van der Waals surface area (Å²) in [5.41, 5.74) is -0.370. The Morgan fingerprint density at radius 3 is 2.87 bits per heavy atom. The van der Waals surface area contributed by atoms with Gasteiger partial charge in [-0.3, -0.25) is 24.5 Å². The van der Waals surface area contributed by atoms with E-state index in [1.54, 1.807) is 24.4 Å². The van der Waals surface area contributed by atoms with Crippen LogP contribution in [0.4, 0.5) is 5.69 Å². The number of fused-ring (bicyclic) bond motifs is 1. The van der Waals surface area contributed by atoms with E-state index in [1.807, 2.05) is 13.8 Å². The minimum atomic E-state index is -0.679. The lowest BCUT2D eigenvalue weighted by molar-refractivity contribution is -0.385. The van der Waals surface area contributed by atoms with Gasteiger partial charge in [0.25, 0.3) is 11.2 Å². The van der Waals surface area contributed by atoms with E-state index in [0.717, 1.165) is 0 Å². The molecule has 2 aromatic heterocycles. The average molecular weight is 378 g/mol. The van der Waals surface area contributed by atoms with Gasteiger partial charge in [-0.05, 0) is 48.0 Å². The summed E-state index contributed by atoms with van der Waals surface area (Å²) >= 11 is 3.08. The van der Waals surface area contributed by atoms with E-state index in [9.17, 15) is 14.9 Å². The number of nitrogens with zero attached hydrogens (tertiary/aromatic N) is 3. The van der Waals surface area contributed by atoms with Crippen LogP contribution in [0.2, 0.25) is 0 Å². The van der Waals surface area contributed by atoms with Gasteiger partial charge in [0.05, 0.1) is 21.3 Å². The molecule has 0 aliphatic carbocycles. The van der Waals surface area contributed by atoms with Crippen molar-refractivity contribution in [1.29, 1.82) is 0 Å². The SMILES string of the molecule is CC1(C)C=C(n2cc([N+](=O)[O-])cc(Br)c2=O)c2ncccc2O1. The molecule has 0 amide bonds. The zero-order valence-corrected chi connectivity index (χ0v) is 13.9. The molecule has 23 heavy (non-hydrogen) atoms. The van der Waals surface area contributed by atoms with Crippen molar-refractivity contribution in [2.75, 3.05) is 0 Å². The maximum Gasteiger partial charge on any atom is 0.287 e. The molecular weight excluding hydrogens is 366 g/mol. The molecule has 0 atom stereocenters. The van der Waals surface area contributed by atoms with Crippen molar-refractivity contribution in [3.63, 3.8) is 0 Å². The zero-order chi connectivity index (χ0) is 16.8. The van der Waals surface area contributed by atoms with E-state index in [2.05, 4.69) is 20.9 Å². The molecule has 0 saturated carbocycles. The summed E-state index contributed by atoms with van der Waals surface area (Å²) in [5, 5.41) is 11.1. The van der Waals surface area contributed by atoms with E-state index in [1.165, 1.54) is 16.8 Å². The fourth-order valence-corrected chi connectivity index (χ4v) is 2.80. The average Bonchev–Trinajstić information content (AvgIpc) is 2.48.